The summed E-state index contributed by atoms with van der Waals surface area (Å²) in [6, 6.07) is 0.648. The number of likely N-dealkylation sites (tertiary alicyclic amines) is 1. The standard InChI is InChI=1S/C7H16N2O/c8-7-1-3-9(4-2-7)5-6-10/h7,10H,1-6,8H2/p+1. The third-order valence-corrected chi connectivity index (χ3v) is 2.12. The van der Waals surface area contributed by atoms with E-state index in [-0.39, 0.29) is 0 Å². The van der Waals surface area contributed by atoms with E-state index in [1.807, 2.05) is 0 Å². The fraction of sp³-hybridized carbons (Fsp3) is 1.00. The van der Waals surface area contributed by atoms with Gasteiger partial charge in [0, 0.05) is 32.5 Å². The van der Waals surface area contributed by atoms with Gasteiger partial charge in [0.05, 0.1) is 12.6 Å². The molecule has 0 aliphatic carbocycles. The van der Waals surface area contributed by atoms with Crippen LogP contribution in [0.2, 0.25) is 0 Å². The van der Waals surface area contributed by atoms with Crippen LogP contribution in [0.25, 0.3) is 0 Å². The molecule has 0 aromatic heterocycles. The quantitative estimate of drug-likeness (QED) is 0.506. The molecule has 0 aromatic carbocycles. The van der Waals surface area contributed by atoms with Crippen molar-refractivity contribution in [1.29, 1.82) is 0 Å². The zero-order chi connectivity index (χ0) is 7.40. The Bertz CT molecular complexity index is 89.6. The minimum atomic E-state index is 0.293. The summed E-state index contributed by atoms with van der Waals surface area (Å²) in [5.41, 5.74) is 4.00. The van der Waals surface area contributed by atoms with Crippen LogP contribution < -0.4 is 5.73 Å². The Hall–Kier alpha value is -0.120. The molecule has 1 heterocycles. The highest BCUT2D eigenvalue weighted by atomic mass is 16.3. The molecule has 1 aliphatic heterocycles. The number of nitrogens with zero attached hydrogens (tertiary/aromatic N) is 1. The summed E-state index contributed by atoms with van der Waals surface area (Å²) >= 11 is 0. The van der Waals surface area contributed by atoms with Crippen molar-refractivity contribution in [2.45, 2.75) is 18.9 Å². The lowest BCUT2D eigenvalue weighted by atomic mass is 10.1. The maximum atomic E-state index is 8.63. The highest BCUT2D eigenvalue weighted by Crippen LogP contribution is 2.05. The molecule has 1 aliphatic rings. The largest absolute Gasteiger partial charge is 0.395 e. The number of quaternary nitrogens is 1. The number of piperidine rings is 1. The Morgan fingerprint density at radius 2 is 2.00 bits per heavy atom. The summed E-state index contributed by atoms with van der Waals surface area (Å²) in [5.74, 6) is 0. The second-order valence-corrected chi connectivity index (χ2v) is 3.01. The Labute approximate surface area is 61.8 Å². The third kappa shape index (κ3) is 2.25. The van der Waals surface area contributed by atoms with Gasteiger partial charge < -0.3 is 15.7 Å². The first-order valence-electron chi connectivity index (χ1n) is 3.99. The molecule has 0 aromatic rings. The Kier molecular flexibility index (Phi) is 3.12. The third-order valence-electron chi connectivity index (χ3n) is 2.12. The monoisotopic (exact) mass is 145 g/mol. The minimum Gasteiger partial charge on any atom is -0.395 e. The first-order chi connectivity index (χ1) is 4.83. The number of rotatable bonds is 2. The van der Waals surface area contributed by atoms with Gasteiger partial charge in [0.25, 0.3) is 0 Å². The van der Waals surface area contributed by atoms with Gasteiger partial charge in [-0.1, -0.05) is 0 Å². The molecule has 0 unspecified atom stereocenters. The van der Waals surface area contributed by atoms with E-state index in [9.17, 15) is 0 Å². The van der Waals surface area contributed by atoms with Crippen molar-refractivity contribution in [3.8, 4) is 0 Å². The molecule has 0 saturated carbocycles. The molecule has 3 heteroatoms. The minimum absolute atomic E-state index is 0.293. The van der Waals surface area contributed by atoms with Gasteiger partial charge >= 0.3 is 0 Å². The van der Waals surface area contributed by atoms with Gasteiger partial charge in [-0.2, -0.15) is 0 Å². The topological polar surface area (TPSA) is 51.1 Å². The SMILES string of the molecule is [NH3+]C1CCN(CCO)CC1. The Morgan fingerprint density at radius 1 is 1.40 bits per heavy atom. The van der Waals surface area contributed by atoms with Crippen molar-refractivity contribution >= 4 is 0 Å². The number of aliphatic hydroxyl groups is 1. The van der Waals surface area contributed by atoms with E-state index in [1.54, 1.807) is 0 Å². The maximum absolute atomic E-state index is 8.63. The molecule has 10 heavy (non-hydrogen) atoms. The van der Waals surface area contributed by atoms with Crippen molar-refractivity contribution in [3.63, 3.8) is 0 Å². The van der Waals surface area contributed by atoms with E-state index in [1.165, 1.54) is 12.8 Å². The fourth-order valence-electron chi connectivity index (χ4n) is 1.35. The predicted molar refractivity (Wildman–Crippen MR) is 39.4 cm³/mol. The van der Waals surface area contributed by atoms with Crippen molar-refractivity contribution < 1.29 is 10.8 Å². The summed E-state index contributed by atoms with van der Waals surface area (Å²) in [6.07, 6.45) is 2.39. The lowest BCUT2D eigenvalue weighted by molar-refractivity contribution is -0.426. The van der Waals surface area contributed by atoms with Crippen molar-refractivity contribution in [1.82, 2.24) is 4.90 Å². The fourth-order valence-corrected chi connectivity index (χ4v) is 1.35. The molecule has 60 valence electrons. The van der Waals surface area contributed by atoms with E-state index in [0.717, 1.165) is 19.6 Å². The van der Waals surface area contributed by atoms with E-state index in [4.69, 9.17) is 5.11 Å². The average Bonchev–Trinajstić information content (AvgIpc) is 1.95. The normalized spacial score (nSPS) is 23.4. The molecule has 1 rings (SSSR count). The molecule has 0 atom stereocenters. The summed E-state index contributed by atoms with van der Waals surface area (Å²) in [5, 5.41) is 8.63. The highest BCUT2D eigenvalue weighted by Gasteiger charge is 2.16. The van der Waals surface area contributed by atoms with Gasteiger partial charge in [-0.15, -0.1) is 0 Å². The van der Waals surface area contributed by atoms with Crippen LogP contribution in [-0.2, 0) is 0 Å². The second-order valence-electron chi connectivity index (χ2n) is 3.01. The smallest absolute Gasteiger partial charge is 0.0868 e. The zero-order valence-corrected chi connectivity index (χ0v) is 6.42. The molecule has 0 bridgehead atoms. The van der Waals surface area contributed by atoms with E-state index in [2.05, 4.69) is 10.6 Å². The summed E-state index contributed by atoms with van der Waals surface area (Å²) in [7, 11) is 0. The van der Waals surface area contributed by atoms with Crippen LogP contribution in [0.4, 0.5) is 0 Å². The molecule has 1 fully saturated rings. The van der Waals surface area contributed by atoms with Gasteiger partial charge in [-0.05, 0) is 0 Å². The molecule has 4 N–H and O–H groups in total. The van der Waals surface area contributed by atoms with Crippen molar-refractivity contribution in [3.05, 3.63) is 0 Å². The van der Waals surface area contributed by atoms with Gasteiger partial charge in [0.2, 0.25) is 0 Å². The van der Waals surface area contributed by atoms with Gasteiger partial charge in [-0.3, -0.25) is 0 Å². The summed E-state index contributed by atoms with van der Waals surface area (Å²) < 4.78 is 0. The molecule has 0 radical (unpaired) electrons. The Morgan fingerprint density at radius 3 is 2.50 bits per heavy atom. The predicted octanol–water partition coefficient (Wildman–Crippen LogP) is -1.31. The lowest BCUT2D eigenvalue weighted by Crippen LogP contribution is -2.64. The molecule has 0 spiro atoms. The summed E-state index contributed by atoms with van der Waals surface area (Å²) in [4.78, 5) is 2.29. The van der Waals surface area contributed by atoms with Crippen LogP contribution in [0.1, 0.15) is 12.8 Å². The van der Waals surface area contributed by atoms with E-state index < -0.39 is 0 Å². The van der Waals surface area contributed by atoms with Crippen LogP contribution in [0, 0.1) is 0 Å². The molecule has 3 nitrogen and oxygen atoms in total. The number of β-amino-alcohol motifs (C(OH)–C–C–N with tert-alkyl or cyclic N) is 1. The Balaban J connectivity index is 2.13. The van der Waals surface area contributed by atoms with Gasteiger partial charge in [-0.25, -0.2) is 0 Å². The molecule has 0 amide bonds. The number of aliphatic hydroxyl groups excluding tert-OH is 1. The zero-order valence-electron chi connectivity index (χ0n) is 6.42. The lowest BCUT2D eigenvalue weighted by Gasteiger charge is -2.27. The number of hydrogen-bond acceptors (Lipinski definition) is 2. The van der Waals surface area contributed by atoms with Crippen molar-refractivity contribution in [2.24, 2.45) is 0 Å². The van der Waals surface area contributed by atoms with Crippen LogP contribution >= 0.6 is 0 Å². The van der Waals surface area contributed by atoms with Crippen LogP contribution in [0.15, 0.2) is 0 Å². The first-order valence-corrected chi connectivity index (χ1v) is 3.99. The molecular weight excluding hydrogens is 128 g/mol. The van der Waals surface area contributed by atoms with Gasteiger partial charge in [0.1, 0.15) is 0 Å². The van der Waals surface area contributed by atoms with E-state index in [0.29, 0.717) is 12.6 Å². The highest BCUT2D eigenvalue weighted by molar-refractivity contribution is 4.69. The van der Waals surface area contributed by atoms with Gasteiger partial charge in [0.15, 0.2) is 0 Å². The van der Waals surface area contributed by atoms with Crippen LogP contribution in [-0.4, -0.2) is 42.3 Å². The molecular formula is C7H17N2O+. The summed E-state index contributed by atoms with van der Waals surface area (Å²) in [6.45, 7) is 3.37. The maximum Gasteiger partial charge on any atom is 0.0868 e. The number of hydrogen-bond donors (Lipinski definition) is 2. The first kappa shape index (κ1) is 7.98. The average molecular weight is 145 g/mol. The van der Waals surface area contributed by atoms with Crippen molar-refractivity contribution in [2.75, 3.05) is 26.2 Å². The van der Waals surface area contributed by atoms with E-state index >= 15 is 0 Å². The second kappa shape index (κ2) is 3.91. The molecule has 1 saturated heterocycles. The van der Waals surface area contributed by atoms with Crippen LogP contribution in [0.5, 0.6) is 0 Å². The van der Waals surface area contributed by atoms with Crippen LogP contribution in [0.3, 0.4) is 0 Å².